The van der Waals surface area contributed by atoms with Crippen LogP contribution in [0.5, 0.6) is 0 Å². The lowest BCUT2D eigenvalue weighted by Gasteiger charge is -2.24. The van der Waals surface area contributed by atoms with Crippen LogP contribution in [0.1, 0.15) is 29.7 Å². The lowest BCUT2D eigenvalue weighted by atomic mass is 9.95. The Kier molecular flexibility index (Phi) is 6.05. The van der Waals surface area contributed by atoms with Gasteiger partial charge in [-0.15, -0.1) is 0 Å². The van der Waals surface area contributed by atoms with E-state index in [1.165, 1.54) is 0 Å². The average Bonchev–Trinajstić information content (AvgIpc) is 2.75. The summed E-state index contributed by atoms with van der Waals surface area (Å²) in [5.74, 6) is 0. The maximum Gasteiger partial charge on any atom is 0.0813 e. The highest BCUT2D eigenvalue weighted by molar-refractivity contribution is 6.30. The molecule has 0 aromatic heterocycles. The van der Waals surface area contributed by atoms with Gasteiger partial charge in [-0.25, -0.2) is 0 Å². The molecule has 4 aromatic rings. The molecule has 0 aliphatic rings. The first-order chi connectivity index (χ1) is 14.1. The highest BCUT2D eigenvalue weighted by atomic mass is 35.5. The summed E-state index contributed by atoms with van der Waals surface area (Å²) in [4.78, 5) is 0. The van der Waals surface area contributed by atoms with Gasteiger partial charge in [-0.05, 0) is 64.4 Å². The second kappa shape index (κ2) is 8.87. The summed E-state index contributed by atoms with van der Waals surface area (Å²) in [6, 6.07) is 29.5. The molecule has 0 radical (unpaired) electrons. The molecule has 0 amide bonds. The molecule has 2 unspecified atom stereocenters. The van der Waals surface area contributed by atoms with Crippen molar-refractivity contribution in [2.24, 2.45) is 0 Å². The van der Waals surface area contributed by atoms with Crippen molar-refractivity contribution in [3.8, 4) is 0 Å². The van der Waals surface area contributed by atoms with Gasteiger partial charge in [0.15, 0.2) is 0 Å². The van der Waals surface area contributed by atoms with Gasteiger partial charge < -0.3 is 10.4 Å². The zero-order valence-electron chi connectivity index (χ0n) is 15.7. The van der Waals surface area contributed by atoms with Crippen LogP contribution in [0.4, 0.5) is 5.69 Å². The zero-order valence-corrected chi connectivity index (χ0v) is 17.2. The summed E-state index contributed by atoms with van der Waals surface area (Å²) in [6.45, 7) is 0. The van der Waals surface area contributed by atoms with Crippen molar-refractivity contribution >= 4 is 39.7 Å². The fourth-order valence-corrected chi connectivity index (χ4v) is 3.75. The van der Waals surface area contributed by atoms with E-state index in [0.29, 0.717) is 16.5 Å². The van der Waals surface area contributed by atoms with Gasteiger partial charge in [-0.2, -0.15) is 0 Å². The maximum absolute atomic E-state index is 11.0. The maximum atomic E-state index is 11.0. The largest absolute Gasteiger partial charge is 0.388 e. The topological polar surface area (TPSA) is 32.3 Å². The Morgan fingerprint density at radius 3 is 1.97 bits per heavy atom. The number of halogens is 2. The standard InChI is InChI=1S/C25H21Cl2NO/c26-21-9-7-18(8-10-21)24(28-23-13-11-22(27)12-14-23)16-25(29)20-6-5-17-3-1-2-4-19(17)15-20/h1-15,24-25,28-29H,16H2. The number of aliphatic hydroxyl groups is 1. The zero-order chi connectivity index (χ0) is 20.2. The second-order valence-electron chi connectivity index (χ2n) is 7.11. The normalized spacial score (nSPS) is 13.2. The van der Waals surface area contributed by atoms with E-state index in [9.17, 15) is 5.11 Å². The number of hydrogen-bond acceptors (Lipinski definition) is 2. The molecule has 0 saturated heterocycles. The minimum Gasteiger partial charge on any atom is -0.388 e. The summed E-state index contributed by atoms with van der Waals surface area (Å²) in [5.41, 5.74) is 2.91. The van der Waals surface area contributed by atoms with Crippen LogP contribution < -0.4 is 5.32 Å². The fourth-order valence-electron chi connectivity index (χ4n) is 3.50. The van der Waals surface area contributed by atoms with Crippen molar-refractivity contribution < 1.29 is 5.11 Å². The van der Waals surface area contributed by atoms with E-state index < -0.39 is 6.10 Å². The number of fused-ring (bicyclic) bond motifs is 1. The van der Waals surface area contributed by atoms with Crippen molar-refractivity contribution in [2.75, 3.05) is 5.32 Å². The molecule has 0 spiro atoms. The van der Waals surface area contributed by atoms with Gasteiger partial charge in [0.05, 0.1) is 12.1 Å². The van der Waals surface area contributed by atoms with Crippen LogP contribution in [-0.2, 0) is 0 Å². The van der Waals surface area contributed by atoms with Gasteiger partial charge >= 0.3 is 0 Å². The second-order valence-corrected chi connectivity index (χ2v) is 7.99. The van der Waals surface area contributed by atoms with Gasteiger partial charge in [0.25, 0.3) is 0 Å². The first kappa shape index (κ1) is 19.8. The number of rotatable bonds is 6. The van der Waals surface area contributed by atoms with Crippen LogP contribution in [0, 0.1) is 0 Å². The average molecular weight is 422 g/mol. The Hall–Kier alpha value is -2.52. The molecule has 29 heavy (non-hydrogen) atoms. The molecule has 4 aromatic carbocycles. The molecule has 0 heterocycles. The van der Waals surface area contributed by atoms with Crippen LogP contribution in [-0.4, -0.2) is 5.11 Å². The predicted octanol–water partition coefficient (Wildman–Crippen LogP) is 7.42. The van der Waals surface area contributed by atoms with E-state index in [0.717, 1.165) is 27.6 Å². The van der Waals surface area contributed by atoms with E-state index in [-0.39, 0.29) is 6.04 Å². The number of hydrogen-bond donors (Lipinski definition) is 2. The van der Waals surface area contributed by atoms with Crippen LogP contribution in [0.15, 0.2) is 91.0 Å². The quantitative estimate of drug-likeness (QED) is 0.339. The molecule has 0 bridgehead atoms. The molecular formula is C25H21Cl2NO. The van der Waals surface area contributed by atoms with Crippen LogP contribution in [0.25, 0.3) is 10.8 Å². The third kappa shape index (κ3) is 4.91. The minimum atomic E-state index is -0.611. The Balaban J connectivity index is 1.60. The molecule has 2 nitrogen and oxygen atoms in total. The van der Waals surface area contributed by atoms with Crippen LogP contribution >= 0.6 is 23.2 Å². The monoisotopic (exact) mass is 421 g/mol. The molecule has 2 atom stereocenters. The van der Waals surface area contributed by atoms with Crippen molar-refractivity contribution in [2.45, 2.75) is 18.6 Å². The summed E-state index contributed by atoms with van der Waals surface area (Å²) < 4.78 is 0. The highest BCUT2D eigenvalue weighted by Gasteiger charge is 2.18. The summed E-state index contributed by atoms with van der Waals surface area (Å²) in [6.07, 6.45) is -0.0946. The third-order valence-corrected chi connectivity index (χ3v) is 5.58. The van der Waals surface area contributed by atoms with Gasteiger partial charge in [0.1, 0.15) is 0 Å². The van der Waals surface area contributed by atoms with Crippen molar-refractivity contribution in [3.05, 3.63) is 112 Å². The number of benzene rings is 4. The van der Waals surface area contributed by atoms with Gasteiger partial charge in [0, 0.05) is 22.2 Å². The number of anilines is 1. The molecule has 0 fully saturated rings. The Morgan fingerprint density at radius 2 is 1.28 bits per heavy atom. The van der Waals surface area contributed by atoms with E-state index in [4.69, 9.17) is 23.2 Å². The van der Waals surface area contributed by atoms with Crippen LogP contribution in [0.3, 0.4) is 0 Å². The van der Waals surface area contributed by atoms with Crippen molar-refractivity contribution in [3.63, 3.8) is 0 Å². The molecule has 4 heteroatoms. The Morgan fingerprint density at radius 1 is 0.690 bits per heavy atom. The molecule has 2 N–H and O–H groups in total. The van der Waals surface area contributed by atoms with Crippen LogP contribution in [0.2, 0.25) is 10.0 Å². The molecule has 0 aliphatic carbocycles. The predicted molar refractivity (Wildman–Crippen MR) is 123 cm³/mol. The van der Waals surface area contributed by atoms with E-state index in [2.05, 4.69) is 29.6 Å². The van der Waals surface area contributed by atoms with Crippen molar-refractivity contribution in [1.82, 2.24) is 0 Å². The molecule has 0 aliphatic heterocycles. The molecular weight excluding hydrogens is 401 g/mol. The number of nitrogens with one attached hydrogen (secondary N) is 1. The SMILES string of the molecule is OC(CC(Nc1ccc(Cl)cc1)c1ccc(Cl)cc1)c1ccc2ccccc2c1. The van der Waals surface area contributed by atoms with Gasteiger partial charge in [0.2, 0.25) is 0 Å². The van der Waals surface area contributed by atoms with E-state index in [1.807, 2.05) is 66.7 Å². The highest BCUT2D eigenvalue weighted by Crippen LogP contribution is 2.32. The molecule has 4 rings (SSSR count). The van der Waals surface area contributed by atoms with Crippen molar-refractivity contribution in [1.29, 1.82) is 0 Å². The lowest BCUT2D eigenvalue weighted by Crippen LogP contribution is -2.15. The fraction of sp³-hybridized carbons (Fsp3) is 0.120. The Bertz CT molecular complexity index is 1090. The third-order valence-electron chi connectivity index (χ3n) is 5.07. The minimum absolute atomic E-state index is 0.0880. The van der Waals surface area contributed by atoms with Gasteiger partial charge in [-0.1, -0.05) is 71.7 Å². The molecule has 146 valence electrons. The number of aliphatic hydroxyl groups excluding tert-OH is 1. The van der Waals surface area contributed by atoms with E-state index in [1.54, 1.807) is 0 Å². The molecule has 0 saturated carbocycles. The Labute approximate surface area is 180 Å². The smallest absolute Gasteiger partial charge is 0.0813 e. The lowest BCUT2D eigenvalue weighted by molar-refractivity contribution is 0.161. The first-order valence-corrected chi connectivity index (χ1v) is 10.3. The van der Waals surface area contributed by atoms with E-state index >= 15 is 0 Å². The summed E-state index contributed by atoms with van der Waals surface area (Å²) in [7, 11) is 0. The summed E-state index contributed by atoms with van der Waals surface area (Å²) >= 11 is 12.1. The first-order valence-electron chi connectivity index (χ1n) is 9.53. The van der Waals surface area contributed by atoms with Gasteiger partial charge in [-0.3, -0.25) is 0 Å². The summed E-state index contributed by atoms with van der Waals surface area (Å²) in [5, 5.41) is 18.2.